The van der Waals surface area contributed by atoms with E-state index in [9.17, 15) is 4.79 Å². The molecule has 0 aliphatic heterocycles. The third kappa shape index (κ3) is 3.29. The molecule has 0 aliphatic carbocycles. The third-order valence-electron chi connectivity index (χ3n) is 3.34. The summed E-state index contributed by atoms with van der Waals surface area (Å²) in [6.07, 6.45) is 1.93. The Balaban J connectivity index is 2.35. The summed E-state index contributed by atoms with van der Waals surface area (Å²) in [5.74, 6) is 0.676. The maximum absolute atomic E-state index is 12.7. The fourth-order valence-electron chi connectivity index (χ4n) is 2.15. The second kappa shape index (κ2) is 6.35. The van der Waals surface area contributed by atoms with Crippen LogP contribution < -0.4 is 9.64 Å². The minimum absolute atomic E-state index is 0.0531. The van der Waals surface area contributed by atoms with Crippen LogP contribution in [0.15, 0.2) is 41.0 Å². The maximum Gasteiger partial charge on any atom is 0.274 e. The van der Waals surface area contributed by atoms with Gasteiger partial charge in [0, 0.05) is 35.5 Å². The van der Waals surface area contributed by atoms with Gasteiger partial charge in [0.25, 0.3) is 5.91 Å². The Morgan fingerprint density at radius 3 is 2.67 bits per heavy atom. The molecule has 0 saturated carbocycles. The van der Waals surface area contributed by atoms with Gasteiger partial charge in [0.05, 0.1) is 7.11 Å². The van der Waals surface area contributed by atoms with E-state index in [2.05, 4.69) is 29.8 Å². The van der Waals surface area contributed by atoms with Crippen LogP contribution in [0.25, 0.3) is 0 Å². The van der Waals surface area contributed by atoms with E-state index in [1.807, 2.05) is 41.1 Å². The number of anilines is 1. The number of nitrogens with zero attached hydrogens (tertiary/aromatic N) is 2. The van der Waals surface area contributed by atoms with E-state index in [1.165, 1.54) is 0 Å². The molecule has 2 aromatic rings. The number of amides is 1. The highest BCUT2D eigenvalue weighted by atomic mass is 79.9. The van der Waals surface area contributed by atoms with Crippen LogP contribution >= 0.6 is 15.9 Å². The summed E-state index contributed by atoms with van der Waals surface area (Å²) >= 11 is 3.44. The Labute approximate surface area is 133 Å². The highest BCUT2D eigenvalue weighted by Gasteiger charge is 2.20. The number of benzene rings is 1. The minimum atomic E-state index is -0.0531. The van der Waals surface area contributed by atoms with Crippen molar-refractivity contribution < 1.29 is 9.53 Å². The van der Waals surface area contributed by atoms with Gasteiger partial charge in [0.2, 0.25) is 0 Å². The molecule has 1 heterocycles. The minimum Gasteiger partial charge on any atom is -0.497 e. The van der Waals surface area contributed by atoms with Crippen molar-refractivity contribution in [3.63, 3.8) is 0 Å². The largest absolute Gasteiger partial charge is 0.497 e. The first-order valence-electron chi connectivity index (χ1n) is 6.73. The molecule has 2 rings (SSSR count). The van der Waals surface area contributed by atoms with Crippen LogP contribution in [-0.2, 0) is 0 Å². The summed E-state index contributed by atoms with van der Waals surface area (Å²) in [6.45, 7) is 4.10. The van der Waals surface area contributed by atoms with Crippen LogP contribution in [0.4, 0.5) is 5.69 Å². The number of halogens is 1. The molecule has 0 fully saturated rings. The summed E-state index contributed by atoms with van der Waals surface area (Å²) in [4.78, 5) is 14.4. The molecule has 21 heavy (non-hydrogen) atoms. The fourth-order valence-corrected chi connectivity index (χ4v) is 2.59. The topological polar surface area (TPSA) is 34.5 Å². The quantitative estimate of drug-likeness (QED) is 0.831. The van der Waals surface area contributed by atoms with Crippen LogP contribution in [0.2, 0.25) is 0 Å². The number of rotatable bonds is 4. The lowest BCUT2D eigenvalue weighted by Crippen LogP contribution is -2.28. The molecule has 0 N–H and O–H groups in total. The molecule has 0 bridgehead atoms. The summed E-state index contributed by atoms with van der Waals surface area (Å²) in [5, 5.41) is 0. The molecule has 0 radical (unpaired) electrons. The highest BCUT2D eigenvalue weighted by Crippen LogP contribution is 2.24. The second-order valence-electron chi connectivity index (χ2n) is 5.11. The van der Waals surface area contributed by atoms with Gasteiger partial charge < -0.3 is 14.2 Å². The first-order chi connectivity index (χ1) is 9.93. The van der Waals surface area contributed by atoms with E-state index >= 15 is 0 Å². The Hall–Kier alpha value is -1.75. The molecule has 0 atom stereocenters. The number of carbonyl (C=O) groups excluding carboxylic acids is 1. The van der Waals surface area contributed by atoms with Crippen molar-refractivity contribution in [2.75, 3.05) is 19.1 Å². The van der Waals surface area contributed by atoms with Crippen molar-refractivity contribution >= 4 is 27.5 Å². The maximum atomic E-state index is 12.7. The van der Waals surface area contributed by atoms with E-state index in [4.69, 9.17) is 4.74 Å². The van der Waals surface area contributed by atoms with Crippen LogP contribution in [0.5, 0.6) is 5.75 Å². The molecule has 112 valence electrons. The summed E-state index contributed by atoms with van der Waals surface area (Å²) in [5.41, 5.74) is 1.45. The van der Waals surface area contributed by atoms with E-state index in [0.717, 1.165) is 15.9 Å². The Morgan fingerprint density at radius 2 is 2.05 bits per heavy atom. The van der Waals surface area contributed by atoms with Gasteiger partial charge in [-0.2, -0.15) is 0 Å². The number of aromatic nitrogens is 1. The summed E-state index contributed by atoms with van der Waals surface area (Å²) in [6, 6.07) is 9.52. The lowest BCUT2D eigenvalue weighted by Gasteiger charge is -2.20. The predicted octanol–water partition coefficient (Wildman–Crippen LogP) is 4.12. The van der Waals surface area contributed by atoms with Crippen molar-refractivity contribution in [2.45, 2.75) is 19.9 Å². The number of hydrogen-bond acceptors (Lipinski definition) is 2. The fraction of sp³-hybridized carbons (Fsp3) is 0.312. The number of carbonyl (C=O) groups is 1. The Morgan fingerprint density at radius 1 is 1.33 bits per heavy atom. The molecule has 1 amide bonds. The highest BCUT2D eigenvalue weighted by molar-refractivity contribution is 9.10. The summed E-state index contributed by atoms with van der Waals surface area (Å²) in [7, 11) is 3.38. The zero-order chi connectivity index (χ0) is 15.6. The zero-order valence-corrected chi connectivity index (χ0v) is 14.2. The lowest BCUT2D eigenvalue weighted by atomic mass is 10.2. The second-order valence-corrected chi connectivity index (χ2v) is 6.03. The van der Waals surface area contributed by atoms with Crippen LogP contribution in [-0.4, -0.2) is 24.6 Å². The molecule has 1 aromatic heterocycles. The SMILES string of the molecule is COc1cccc(N(C)C(=O)c2cc(Br)cn2C(C)C)c1. The molecule has 0 aliphatic rings. The van der Waals surface area contributed by atoms with Gasteiger partial charge in [0.1, 0.15) is 11.4 Å². The molecule has 5 heteroatoms. The standard InChI is InChI=1S/C16H19BrN2O2/c1-11(2)19-10-12(17)8-15(19)16(20)18(3)13-6-5-7-14(9-13)21-4/h5-11H,1-4H3. The first-order valence-corrected chi connectivity index (χ1v) is 7.53. The first kappa shape index (κ1) is 15.6. The van der Waals surface area contributed by atoms with E-state index in [0.29, 0.717) is 5.69 Å². The predicted molar refractivity (Wildman–Crippen MR) is 88.2 cm³/mol. The normalized spacial score (nSPS) is 10.8. The average Bonchev–Trinajstić information content (AvgIpc) is 2.88. The monoisotopic (exact) mass is 350 g/mol. The van der Waals surface area contributed by atoms with Gasteiger partial charge in [-0.05, 0) is 48.0 Å². The Kier molecular flexibility index (Phi) is 4.73. The number of ether oxygens (including phenoxy) is 1. The van der Waals surface area contributed by atoms with Gasteiger partial charge in [-0.25, -0.2) is 0 Å². The van der Waals surface area contributed by atoms with Crippen molar-refractivity contribution in [1.82, 2.24) is 4.57 Å². The summed E-state index contributed by atoms with van der Waals surface area (Å²) < 4.78 is 8.07. The van der Waals surface area contributed by atoms with E-state index < -0.39 is 0 Å². The zero-order valence-electron chi connectivity index (χ0n) is 12.6. The molecular weight excluding hydrogens is 332 g/mol. The van der Waals surface area contributed by atoms with Gasteiger partial charge >= 0.3 is 0 Å². The van der Waals surface area contributed by atoms with Crippen LogP contribution in [0, 0.1) is 0 Å². The Bertz CT molecular complexity index is 649. The van der Waals surface area contributed by atoms with E-state index in [1.54, 1.807) is 19.1 Å². The number of methoxy groups -OCH3 is 1. The van der Waals surface area contributed by atoms with Crippen molar-refractivity contribution in [2.24, 2.45) is 0 Å². The van der Waals surface area contributed by atoms with Crippen LogP contribution in [0.1, 0.15) is 30.4 Å². The van der Waals surface area contributed by atoms with Gasteiger partial charge in [0.15, 0.2) is 0 Å². The van der Waals surface area contributed by atoms with E-state index in [-0.39, 0.29) is 11.9 Å². The molecule has 0 unspecified atom stereocenters. The smallest absolute Gasteiger partial charge is 0.274 e. The number of hydrogen-bond donors (Lipinski definition) is 0. The third-order valence-corrected chi connectivity index (χ3v) is 3.77. The molecule has 4 nitrogen and oxygen atoms in total. The van der Waals surface area contributed by atoms with Crippen molar-refractivity contribution in [1.29, 1.82) is 0 Å². The van der Waals surface area contributed by atoms with Gasteiger partial charge in [-0.15, -0.1) is 0 Å². The van der Waals surface area contributed by atoms with Gasteiger partial charge in [-0.1, -0.05) is 6.07 Å². The van der Waals surface area contributed by atoms with Gasteiger partial charge in [-0.3, -0.25) is 4.79 Å². The molecular formula is C16H19BrN2O2. The van der Waals surface area contributed by atoms with Crippen molar-refractivity contribution in [3.8, 4) is 5.75 Å². The molecule has 1 aromatic carbocycles. The average molecular weight is 351 g/mol. The van der Waals surface area contributed by atoms with Crippen molar-refractivity contribution in [3.05, 3.63) is 46.7 Å². The molecule has 0 spiro atoms. The molecule has 0 saturated heterocycles. The van der Waals surface area contributed by atoms with Crippen LogP contribution in [0.3, 0.4) is 0 Å². The lowest BCUT2D eigenvalue weighted by molar-refractivity contribution is 0.0982.